The predicted molar refractivity (Wildman–Crippen MR) is 78.4 cm³/mol. The highest BCUT2D eigenvalue weighted by molar-refractivity contribution is 5.86. The van der Waals surface area contributed by atoms with Gasteiger partial charge in [-0.2, -0.15) is 4.98 Å². The summed E-state index contributed by atoms with van der Waals surface area (Å²) in [7, 11) is 0. The van der Waals surface area contributed by atoms with Crippen molar-refractivity contribution in [3.63, 3.8) is 0 Å². The Morgan fingerprint density at radius 3 is 2.67 bits per heavy atom. The molecule has 2 rings (SSSR count). The summed E-state index contributed by atoms with van der Waals surface area (Å²) >= 11 is 0. The lowest BCUT2D eigenvalue weighted by Crippen LogP contribution is -2.01. The first-order chi connectivity index (χ1) is 10.0. The van der Waals surface area contributed by atoms with Gasteiger partial charge in [-0.05, 0) is 18.6 Å². The number of hydrogen-bond acceptors (Lipinski definition) is 5. The Morgan fingerprint density at radius 1 is 1.33 bits per heavy atom. The van der Waals surface area contributed by atoms with E-state index in [1.807, 2.05) is 45.0 Å². The van der Waals surface area contributed by atoms with Crippen LogP contribution >= 0.6 is 0 Å². The van der Waals surface area contributed by atoms with Crippen molar-refractivity contribution < 1.29 is 14.1 Å². The Bertz CT molecular complexity index is 627. The summed E-state index contributed by atoms with van der Waals surface area (Å²) in [5.41, 5.74) is 2.12. The number of carbonyl (C=O) groups is 1. The number of benzene rings is 1. The second kappa shape index (κ2) is 6.83. The summed E-state index contributed by atoms with van der Waals surface area (Å²) in [6.45, 7) is 5.92. The van der Waals surface area contributed by atoms with Crippen LogP contribution in [0.5, 0.6) is 0 Å². The van der Waals surface area contributed by atoms with Crippen molar-refractivity contribution in [2.45, 2.75) is 33.3 Å². The fourth-order valence-corrected chi connectivity index (χ4v) is 1.58. The van der Waals surface area contributed by atoms with Crippen molar-refractivity contribution >= 4 is 12.0 Å². The summed E-state index contributed by atoms with van der Waals surface area (Å²) in [6, 6.07) is 7.84. The fourth-order valence-electron chi connectivity index (χ4n) is 1.58. The highest BCUT2D eigenvalue weighted by Gasteiger charge is 2.10. The van der Waals surface area contributed by atoms with Gasteiger partial charge in [0.2, 0.25) is 0 Å². The topological polar surface area (TPSA) is 65.2 Å². The molecule has 1 aromatic carbocycles. The van der Waals surface area contributed by atoms with Gasteiger partial charge in [-0.15, -0.1) is 0 Å². The molecule has 0 bridgehead atoms. The molecule has 5 heteroatoms. The maximum atomic E-state index is 11.6. The van der Waals surface area contributed by atoms with Gasteiger partial charge in [-0.3, -0.25) is 0 Å². The molecule has 0 amide bonds. The van der Waals surface area contributed by atoms with Gasteiger partial charge >= 0.3 is 5.97 Å². The third kappa shape index (κ3) is 4.56. The molecule has 1 heterocycles. The van der Waals surface area contributed by atoms with Crippen molar-refractivity contribution in [2.75, 3.05) is 0 Å². The average Bonchev–Trinajstić information content (AvgIpc) is 2.93. The number of hydrogen-bond donors (Lipinski definition) is 0. The number of esters is 1. The Morgan fingerprint density at radius 2 is 2.05 bits per heavy atom. The van der Waals surface area contributed by atoms with E-state index in [0.29, 0.717) is 11.7 Å². The van der Waals surface area contributed by atoms with Gasteiger partial charge in [0.05, 0.1) is 0 Å². The van der Waals surface area contributed by atoms with Crippen LogP contribution < -0.4 is 0 Å². The van der Waals surface area contributed by atoms with Crippen molar-refractivity contribution in [1.82, 2.24) is 10.1 Å². The van der Waals surface area contributed by atoms with E-state index in [1.54, 1.807) is 6.08 Å². The minimum absolute atomic E-state index is 0.0171. The van der Waals surface area contributed by atoms with Gasteiger partial charge in [0.25, 0.3) is 5.89 Å². The van der Waals surface area contributed by atoms with E-state index < -0.39 is 5.97 Å². The summed E-state index contributed by atoms with van der Waals surface area (Å²) in [4.78, 5) is 15.7. The molecule has 0 fully saturated rings. The molecule has 0 spiro atoms. The van der Waals surface area contributed by atoms with Crippen LogP contribution in [-0.4, -0.2) is 16.1 Å². The summed E-state index contributed by atoms with van der Waals surface area (Å²) in [6.07, 6.45) is 3.08. The number of nitrogens with zero attached hydrogens (tertiary/aromatic N) is 2. The van der Waals surface area contributed by atoms with Crippen LogP contribution in [0.3, 0.4) is 0 Å². The predicted octanol–water partition coefficient (Wildman–Crippen LogP) is 3.26. The van der Waals surface area contributed by atoms with E-state index in [0.717, 1.165) is 5.56 Å². The minimum atomic E-state index is -0.445. The molecule has 0 aliphatic carbocycles. The fraction of sp³-hybridized carbons (Fsp3) is 0.312. The molecular weight excluding hydrogens is 268 g/mol. The molecule has 1 aromatic heterocycles. The molecule has 0 unspecified atom stereocenters. The monoisotopic (exact) mass is 286 g/mol. The molecule has 2 aromatic rings. The summed E-state index contributed by atoms with van der Waals surface area (Å²) in [5, 5.41) is 3.80. The first kappa shape index (κ1) is 15.0. The minimum Gasteiger partial charge on any atom is -0.452 e. The Hall–Kier alpha value is -2.43. The maximum Gasteiger partial charge on any atom is 0.331 e. The first-order valence-corrected chi connectivity index (χ1v) is 6.78. The van der Waals surface area contributed by atoms with Crippen molar-refractivity contribution in [1.29, 1.82) is 0 Å². The van der Waals surface area contributed by atoms with Crippen LogP contribution in [-0.2, 0) is 16.1 Å². The lowest BCUT2D eigenvalue weighted by molar-refractivity contribution is -0.139. The molecule has 110 valence electrons. The zero-order valence-corrected chi connectivity index (χ0v) is 12.4. The molecule has 0 saturated carbocycles. The van der Waals surface area contributed by atoms with E-state index in [4.69, 9.17) is 9.26 Å². The highest BCUT2D eigenvalue weighted by atomic mass is 16.6. The number of aromatic nitrogens is 2. The SMILES string of the molecule is Cc1ccc(/C=C/C(=O)OCc2nc(C(C)C)no2)cc1. The van der Waals surface area contributed by atoms with Crippen LogP contribution in [0.15, 0.2) is 34.9 Å². The van der Waals surface area contributed by atoms with Crippen LogP contribution in [0, 0.1) is 6.92 Å². The Kier molecular flexibility index (Phi) is 4.87. The maximum absolute atomic E-state index is 11.6. The van der Waals surface area contributed by atoms with Crippen LogP contribution in [0.2, 0.25) is 0 Å². The molecule has 21 heavy (non-hydrogen) atoms. The zero-order valence-electron chi connectivity index (χ0n) is 12.4. The van der Waals surface area contributed by atoms with Gasteiger partial charge in [0.15, 0.2) is 12.4 Å². The number of carbonyl (C=O) groups excluding carboxylic acids is 1. The second-order valence-electron chi connectivity index (χ2n) is 5.05. The molecular formula is C16H18N2O3. The van der Waals surface area contributed by atoms with E-state index in [9.17, 15) is 4.79 Å². The zero-order chi connectivity index (χ0) is 15.2. The van der Waals surface area contributed by atoms with Gasteiger partial charge in [0, 0.05) is 12.0 Å². The molecule has 0 saturated heterocycles. The normalized spacial score (nSPS) is 11.2. The van der Waals surface area contributed by atoms with Crippen molar-refractivity contribution in [3.05, 3.63) is 53.2 Å². The van der Waals surface area contributed by atoms with Crippen molar-refractivity contribution in [3.8, 4) is 0 Å². The van der Waals surface area contributed by atoms with Gasteiger partial charge in [-0.25, -0.2) is 4.79 Å². The molecule has 0 aliphatic rings. The van der Waals surface area contributed by atoms with Crippen molar-refractivity contribution in [2.24, 2.45) is 0 Å². The molecule has 0 atom stereocenters. The smallest absolute Gasteiger partial charge is 0.331 e. The van der Waals surface area contributed by atoms with E-state index in [-0.39, 0.29) is 12.5 Å². The first-order valence-electron chi connectivity index (χ1n) is 6.78. The molecule has 0 N–H and O–H groups in total. The highest BCUT2D eigenvalue weighted by Crippen LogP contribution is 2.10. The van der Waals surface area contributed by atoms with Gasteiger partial charge < -0.3 is 9.26 Å². The third-order valence-electron chi connectivity index (χ3n) is 2.83. The standard InChI is InChI=1S/C16H18N2O3/c1-11(2)16-17-14(21-18-16)10-20-15(19)9-8-13-6-4-12(3)5-7-13/h4-9,11H,10H2,1-3H3/b9-8+. The van der Waals surface area contributed by atoms with Gasteiger partial charge in [0.1, 0.15) is 0 Å². The Labute approximate surface area is 123 Å². The van der Waals surface area contributed by atoms with Gasteiger partial charge in [-0.1, -0.05) is 48.8 Å². The average molecular weight is 286 g/mol. The largest absolute Gasteiger partial charge is 0.452 e. The second-order valence-corrected chi connectivity index (χ2v) is 5.05. The van der Waals surface area contributed by atoms with E-state index in [1.165, 1.54) is 11.6 Å². The molecule has 0 radical (unpaired) electrons. The number of rotatable bonds is 5. The summed E-state index contributed by atoms with van der Waals surface area (Å²) in [5.74, 6) is 0.645. The number of ether oxygens (including phenoxy) is 1. The van der Waals surface area contributed by atoms with Crippen LogP contribution in [0.25, 0.3) is 6.08 Å². The Balaban J connectivity index is 1.85. The van der Waals surface area contributed by atoms with Crippen LogP contribution in [0.1, 0.15) is 42.6 Å². The molecule has 5 nitrogen and oxygen atoms in total. The third-order valence-corrected chi connectivity index (χ3v) is 2.83. The summed E-state index contributed by atoms with van der Waals surface area (Å²) < 4.78 is 10.0. The van der Waals surface area contributed by atoms with Crippen LogP contribution in [0.4, 0.5) is 0 Å². The quantitative estimate of drug-likeness (QED) is 0.623. The molecule has 0 aliphatic heterocycles. The number of aryl methyl sites for hydroxylation is 1. The lowest BCUT2D eigenvalue weighted by Gasteiger charge is -1.97. The van der Waals surface area contributed by atoms with E-state index >= 15 is 0 Å². The van der Waals surface area contributed by atoms with E-state index in [2.05, 4.69) is 10.1 Å². The lowest BCUT2D eigenvalue weighted by atomic mass is 10.1.